The highest BCUT2D eigenvalue weighted by Gasteiger charge is 2.23. The zero-order chi connectivity index (χ0) is 14.6. The third-order valence-electron chi connectivity index (χ3n) is 2.44. The normalized spacial score (nSPS) is 11.7. The maximum atomic E-state index is 12.9. The number of halogens is 1. The van der Waals surface area contributed by atoms with E-state index in [0.29, 0.717) is 5.56 Å². The number of rotatable bonds is 5. The zero-order valence-corrected chi connectivity index (χ0v) is 10.1. The van der Waals surface area contributed by atoms with Crippen molar-refractivity contribution in [3.63, 3.8) is 0 Å². The Kier molecular flexibility index (Phi) is 4.57. The van der Waals surface area contributed by atoms with Gasteiger partial charge in [0.05, 0.1) is 6.42 Å². The number of nitrogens with two attached hydrogens (primary N) is 1. The van der Waals surface area contributed by atoms with Gasteiger partial charge in [0.15, 0.2) is 0 Å². The van der Waals surface area contributed by atoms with E-state index in [2.05, 4.69) is 5.32 Å². The van der Waals surface area contributed by atoms with Crippen molar-refractivity contribution < 1.29 is 23.9 Å². The second kappa shape index (κ2) is 5.94. The average molecular weight is 268 g/mol. The van der Waals surface area contributed by atoms with Gasteiger partial charge in [-0.1, -0.05) is 0 Å². The number of carboxylic acids is 1. The molecule has 102 valence electrons. The van der Waals surface area contributed by atoms with Crippen LogP contribution in [0.2, 0.25) is 0 Å². The number of nitrogens with one attached hydrogen (secondary N) is 1. The smallest absolute Gasteiger partial charge is 0.326 e. The van der Waals surface area contributed by atoms with Crippen LogP contribution in [0.4, 0.5) is 4.39 Å². The van der Waals surface area contributed by atoms with Crippen LogP contribution in [0.15, 0.2) is 18.2 Å². The first-order valence-corrected chi connectivity index (χ1v) is 5.39. The summed E-state index contributed by atoms with van der Waals surface area (Å²) in [5, 5.41) is 11.0. The number of primary amides is 1. The molecule has 2 amide bonds. The molecule has 0 heterocycles. The van der Waals surface area contributed by atoms with Crippen molar-refractivity contribution in [2.24, 2.45) is 5.73 Å². The van der Waals surface area contributed by atoms with Crippen molar-refractivity contribution in [2.75, 3.05) is 0 Å². The van der Waals surface area contributed by atoms with Crippen LogP contribution in [0, 0.1) is 12.7 Å². The third kappa shape index (κ3) is 4.06. The number of aliphatic carboxylic acids is 1. The van der Waals surface area contributed by atoms with Crippen molar-refractivity contribution in [1.29, 1.82) is 0 Å². The molecular weight excluding hydrogens is 255 g/mol. The first-order chi connectivity index (χ1) is 8.81. The van der Waals surface area contributed by atoms with Gasteiger partial charge in [-0.15, -0.1) is 0 Å². The Morgan fingerprint density at radius 3 is 2.53 bits per heavy atom. The van der Waals surface area contributed by atoms with Crippen LogP contribution < -0.4 is 11.1 Å². The van der Waals surface area contributed by atoms with Crippen molar-refractivity contribution >= 4 is 17.8 Å². The number of hydrogen-bond donors (Lipinski definition) is 3. The third-order valence-corrected chi connectivity index (χ3v) is 2.44. The summed E-state index contributed by atoms with van der Waals surface area (Å²) < 4.78 is 12.9. The first kappa shape index (κ1) is 14.6. The fourth-order valence-corrected chi connectivity index (χ4v) is 1.52. The molecular formula is C12H13FN2O4. The molecule has 0 saturated carbocycles. The highest BCUT2D eigenvalue weighted by molar-refractivity contribution is 5.98. The topological polar surface area (TPSA) is 109 Å². The van der Waals surface area contributed by atoms with E-state index >= 15 is 0 Å². The van der Waals surface area contributed by atoms with E-state index in [4.69, 9.17) is 10.8 Å². The molecule has 7 heteroatoms. The van der Waals surface area contributed by atoms with Gasteiger partial charge >= 0.3 is 5.97 Å². The Morgan fingerprint density at radius 2 is 2.05 bits per heavy atom. The van der Waals surface area contributed by atoms with Gasteiger partial charge in [0.25, 0.3) is 5.91 Å². The fraction of sp³-hybridized carbons (Fsp3) is 0.250. The van der Waals surface area contributed by atoms with Gasteiger partial charge < -0.3 is 16.2 Å². The summed E-state index contributed by atoms with van der Waals surface area (Å²) in [6, 6.07) is 2.07. The van der Waals surface area contributed by atoms with Crippen LogP contribution in [0.25, 0.3) is 0 Å². The summed E-state index contributed by atoms with van der Waals surface area (Å²) in [6.07, 6.45) is -0.513. The number of aryl methyl sites for hydroxylation is 1. The van der Waals surface area contributed by atoms with Gasteiger partial charge in [0.2, 0.25) is 5.91 Å². The van der Waals surface area contributed by atoms with E-state index in [-0.39, 0.29) is 5.56 Å². The van der Waals surface area contributed by atoms with E-state index < -0.39 is 36.1 Å². The summed E-state index contributed by atoms with van der Waals surface area (Å²) >= 11 is 0. The molecule has 0 radical (unpaired) electrons. The van der Waals surface area contributed by atoms with Gasteiger partial charge in [-0.05, 0) is 30.7 Å². The summed E-state index contributed by atoms with van der Waals surface area (Å²) in [5.74, 6) is -3.41. The van der Waals surface area contributed by atoms with Gasteiger partial charge in [-0.3, -0.25) is 9.59 Å². The molecule has 6 nitrogen and oxygen atoms in total. The van der Waals surface area contributed by atoms with E-state index in [1.807, 2.05) is 0 Å². The predicted molar refractivity (Wildman–Crippen MR) is 63.8 cm³/mol. The molecule has 0 aliphatic carbocycles. The molecule has 1 rings (SSSR count). The molecule has 4 N–H and O–H groups in total. The molecule has 0 aliphatic heterocycles. The lowest BCUT2D eigenvalue weighted by Crippen LogP contribution is -2.43. The molecule has 1 aromatic rings. The van der Waals surface area contributed by atoms with Gasteiger partial charge in [-0.25, -0.2) is 9.18 Å². The SMILES string of the molecule is Cc1cc(F)ccc1C(=O)NC(CC(N)=O)C(=O)O. The Hall–Kier alpha value is -2.44. The molecule has 0 saturated heterocycles. The van der Waals surface area contributed by atoms with Crippen LogP contribution in [0.1, 0.15) is 22.3 Å². The van der Waals surface area contributed by atoms with Crippen molar-refractivity contribution in [3.05, 3.63) is 35.1 Å². The van der Waals surface area contributed by atoms with Crippen molar-refractivity contribution in [3.8, 4) is 0 Å². The first-order valence-electron chi connectivity index (χ1n) is 5.39. The second-order valence-corrected chi connectivity index (χ2v) is 3.99. The summed E-state index contributed by atoms with van der Waals surface area (Å²) in [5.41, 5.74) is 5.39. The molecule has 0 aromatic heterocycles. The standard InChI is InChI=1S/C12H13FN2O4/c1-6-4-7(13)2-3-8(6)11(17)15-9(12(18)19)5-10(14)16/h2-4,9H,5H2,1H3,(H2,14,16)(H,15,17)(H,18,19). The molecule has 1 unspecified atom stereocenters. The van der Waals surface area contributed by atoms with Gasteiger partial charge in [0, 0.05) is 5.56 Å². The predicted octanol–water partition coefficient (Wildman–Crippen LogP) is 0.193. The van der Waals surface area contributed by atoms with Crippen molar-refractivity contribution in [1.82, 2.24) is 5.32 Å². The van der Waals surface area contributed by atoms with E-state index in [0.717, 1.165) is 12.1 Å². The van der Waals surface area contributed by atoms with Gasteiger partial charge in [-0.2, -0.15) is 0 Å². The summed E-state index contributed by atoms with van der Waals surface area (Å²) in [6.45, 7) is 1.52. The zero-order valence-electron chi connectivity index (χ0n) is 10.1. The fourth-order valence-electron chi connectivity index (χ4n) is 1.52. The van der Waals surface area contributed by atoms with Crippen LogP contribution >= 0.6 is 0 Å². The highest BCUT2D eigenvalue weighted by atomic mass is 19.1. The quantitative estimate of drug-likeness (QED) is 0.708. The molecule has 0 bridgehead atoms. The number of amides is 2. The Balaban J connectivity index is 2.87. The molecule has 0 fully saturated rings. The van der Waals surface area contributed by atoms with E-state index in [9.17, 15) is 18.8 Å². The number of carbonyl (C=O) groups excluding carboxylic acids is 2. The Bertz CT molecular complexity index is 530. The minimum absolute atomic E-state index is 0.136. The van der Waals surface area contributed by atoms with E-state index in [1.54, 1.807) is 0 Å². The van der Waals surface area contributed by atoms with Crippen LogP contribution in [0.5, 0.6) is 0 Å². The summed E-state index contributed by atoms with van der Waals surface area (Å²) in [4.78, 5) is 33.4. The lowest BCUT2D eigenvalue weighted by molar-refractivity contribution is -0.140. The molecule has 0 aliphatic rings. The number of carboxylic acid groups (broad SMARTS) is 1. The maximum Gasteiger partial charge on any atom is 0.326 e. The number of carbonyl (C=O) groups is 3. The lowest BCUT2D eigenvalue weighted by atomic mass is 10.1. The monoisotopic (exact) mass is 268 g/mol. The Labute approximate surface area is 108 Å². The second-order valence-electron chi connectivity index (χ2n) is 3.99. The van der Waals surface area contributed by atoms with Crippen LogP contribution in [-0.2, 0) is 9.59 Å². The molecule has 1 atom stereocenters. The molecule has 0 spiro atoms. The lowest BCUT2D eigenvalue weighted by Gasteiger charge is -2.13. The highest BCUT2D eigenvalue weighted by Crippen LogP contribution is 2.10. The largest absolute Gasteiger partial charge is 0.480 e. The number of hydrogen-bond acceptors (Lipinski definition) is 3. The minimum atomic E-state index is -1.41. The van der Waals surface area contributed by atoms with Crippen molar-refractivity contribution in [2.45, 2.75) is 19.4 Å². The summed E-state index contributed by atoms with van der Waals surface area (Å²) in [7, 11) is 0. The average Bonchev–Trinajstić information content (AvgIpc) is 2.26. The maximum absolute atomic E-state index is 12.9. The van der Waals surface area contributed by atoms with Crippen LogP contribution in [-0.4, -0.2) is 28.9 Å². The van der Waals surface area contributed by atoms with Crippen LogP contribution in [0.3, 0.4) is 0 Å². The number of benzene rings is 1. The molecule has 1 aromatic carbocycles. The molecule has 19 heavy (non-hydrogen) atoms. The minimum Gasteiger partial charge on any atom is -0.480 e. The Morgan fingerprint density at radius 1 is 1.42 bits per heavy atom. The van der Waals surface area contributed by atoms with E-state index in [1.165, 1.54) is 13.0 Å². The van der Waals surface area contributed by atoms with Gasteiger partial charge in [0.1, 0.15) is 11.9 Å².